The molecule has 0 radical (unpaired) electrons. The van der Waals surface area contributed by atoms with Gasteiger partial charge >= 0.3 is 0 Å². The lowest BCUT2D eigenvalue weighted by molar-refractivity contribution is 0.465. The second kappa shape index (κ2) is 4.08. The first-order valence-electron chi connectivity index (χ1n) is 4.95. The minimum atomic E-state index is -1.27. The van der Waals surface area contributed by atoms with Crippen LogP contribution in [0.15, 0.2) is 6.07 Å². The Bertz CT molecular complexity index is 362. The standard InChI is InChI=1S/C10H11F3N2/c11-7-5-8(12)10(15-9(7)13)14-6-3-1-2-4-6/h5-6H,1-4H2,(H,14,15). The fourth-order valence-corrected chi connectivity index (χ4v) is 1.81. The highest BCUT2D eigenvalue weighted by Gasteiger charge is 2.18. The fourth-order valence-electron chi connectivity index (χ4n) is 1.81. The minimum Gasteiger partial charge on any atom is -0.365 e. The van der Waals surface area contributed by atoms with E-state index in [4.69, 9.17) is 0 Å². The normalized spacial score (nSPS) is 17.0. The molecule has 0 saturated heterocycles. The Labute approximate surface area is 85.5 Å². The van der Waals surface area contributed by atoms with Crippen LogP contribution in [0, 0.1) is 17.6 Å². The summed E-state index contributed by atoms with van der Waals surface area (Å²) < 4.78 is 38.5. The topological polar surface area (TPSA) is 24.9 Å². The Hall–Kier alpha value is -1.26. The zero-order valence-electron chi connectivity index (χ0n) is 8.06. The summed E-state index contributed by atoms with van der Waals surface area (Å²) in [6, 6.07) is 0.636. The van der Waals surface area contributed by atoms with E-state index >= 15 is 0 Å². The summed E-state index contributed by atoms with van der Waals surface area (Å²) in [6.07, 6.45) is 3.98. The number of rotatable bonds is 2. The van der Waals surface area contributed by atoms with E-state index in [1.54, 1.807) is 0 Å². The Morgan fingerprint density at radius 3 is 2.47 bits per heavy atom. The summed E-state index contributed by atoms with van der Waals surface area (Å²) in [5.41, 5.74) is 0. The molecule has 82 valence electrons. The maximum absolute atomic E-state index is 13.2. The first-order valence-corrected chi connectivity index (χ1v) is 4.95. The molecular formula is C10H11F3N2. The summed E-state index contributed by atoms with van der Waals surface area (Å²) >= 11 is 0. The molecule has 1 aromatic heterocycles. The van der Waals surface area contributed by atoms with E-state index < -0.39 is 17.6 Å². The minimum absolute atomic E-state index is 0.122. The molecule has 1 aliphatic rings. The van der Waals surface area contributed by atoms with E-state index in [1.165, 1.54) is 0 Å². The van der Waals surface area contributed by atoms with Gasteiger partial charge in [-0.3, -0.25) is 0 Å². The van der Waals surface area contributed by atoms with Gasteiger partial charge in [-0.1, -0.05) is 12.8 Å². The first kappa shape index (κ1) is 10.3. The van der Waals surface area contributed by atoms with Crippen molar-refractivity contribution in [1.29, 1.82) is 0 Å². The molecule has 1 aliphatic carbocycles. The molecule has 15 heavy (non-hydrogen) atoms. The monoisotopic (exact) mass is 216 g/mol. The lowest BCUT2D eigenvalue weighted by atomic mass is 10.2. The smallest absolute Gasteiger partial charge is 0.251 e. The molecule has 1 fully saturated rings. The molecule has 1 heterocycles. The summed E-state index contributed by atoms with van der Waals surface area (Å²) in [5, 5.41) is 2.78. The van der Waals surface area contributed by atoms with Crippen LogP contribution >= 0.6 is 0 Å². The second-order valence-electron chi connectivity index (χ2n) is 3.72. The molecule has 5 heteroatoms. The van der Waals surface area contributed by atoms with Crippen LogP contribution in [-0.2, 0) is 0 Å². The predicted octanol–water partition coefficient (Wildman–Crippen LogP) is 2.85. The van der Waals surface area contributed by atoms with Gasteiger partial charge in [0.05, 0.1) is 0 Å². The zero-order chi connectivity index (χ0) is 10.8. The van der Waals surface area contributed by atoms with Crippen LogP contribution in [0.5, 0.6) is 0 Å². The predicted molar refractivity (Wildman–Crippen MR) is 50.0 cm³/mol. The van der Waals surface area contributed by atoms with Crippen molar-refractivity contribution in [2.75, 3.05) is 5.32 Å². The van der Waals surface area contributed by atoms with E-state index in [9.17, 15) is 13.2 Å². The molecule has 1 N–H and O–H groups in total. The van der Waals surface area contributed by atoms with Crippen LogP contribution in [0.3, 0.4) is 0 Å². The van der Waals surface area contributed by atoms with Gasteiger partial charge in [0.2, 0.25) is 0 Å². The van der Waals surface area contributed by atoms with Crippen molar-refractivity contribution in [2.45, 2.75) is 31.7 Å². The third-order valence-electron chi connectivity index (χ3n) is 2.58. The fraction of sp³-hybridized carbons (Fsp3) is 0.500. The van der Waals surface area contributed by atoms with Crippen LogP contribution < -0.4 is 5.32 Å². The number of nitrogens with zero attached hydrogens (tertiary/aromatic N) is 1. The van der Waals surface area contributed by atoms with E-state index in [0.29, 0.717) is 6.07 Å². The van der Waals surface area contributed by atoms with E-state index in [1.807, 2.05) is 0 Å². The van der Waals surface area contributed by atoms with Crippen LogP contribution in [0.25, 0.3) is 0 Å². The van der Waals surface area contributed by atoms with Crippen molar-refractivity contribution in [3.05, 3.63) is 23.6 Å². The zero-order valence-corrected chi connectivity index (χ0v) is 8.06. The Morgan fingerprint density at radius 2 is 1.80 bits per heavy atom. The highest BCUT2D eigenvalue weighted by Crippen LogP contribution is 2.23. The number of hydrogen-bond donors (Lipinski definition) is 1. The van der Waals surface area contributed by atoms with Crippen LogP contribution in [0.1, 0.15) is 25.7 Å². The van der Waals surface area contributed by atoms with Crippen molar-refractivity contribution in [1.82, 2.24) is 4.98 Å². The number of halogens is 3. The lowest BCUT2D eigenvalue weighted by Crippen LogP contribution is -2.17. The van der Waals surface area contributed by atoms with Gasteiger partial charge in [0, 0.05) is 12.1 Å². The summed E-state index contributed by atoms with van der Waals surface area (Å²) in [6.45, 7) is 0. The number of pyridine rings is 1. The summed E-state index contributed by atoms with van der Waals surface area (Å²) in [7, 11) is 0. The van der Waals surface area contributed by atoms with E-state index in [2.05, 4.69) is 10.3 Å². The van der Waals surface area contributed by atoms with Gasteiger partial charge in [-0.05, 0) is 12.8 Å². The molecule has 2 nitrogen and oxygen atoms in total. The number of aromatic nitrogens is 1. The highest BCUT2D eigenvalue weighted by molar-refractivity contribution is 5.37. The third-order valence-corrected chi connectivity index (χ3v) is 2.58. The van der Waals surface area contributed by atoms with Crippen molar-refractivity contribution < 1.29 is 13.2 Å². The van der Waals surface area contributed by atoms with Crippen molar-refractivity contribution >= 4 is 5.82 Å². The molecule has 0 atom stereocenters. The van der Waals surface area contributed by atoms with Crippen molar-refractivity contribution in [3.8, 4) is 0 Å². The molecule has 2 rings (SSSR count). The highest BCUT2D eigenvalue weighted by atomic mass is 19.2. The SMILES string of the molecule is Fc1cc(F)c(NC2CCCC2)nc1F. The van der Waals surface area contributed by atoms with Gasteiger partial charge in [0.15, 0.2) is 17.5 Å². The Balaban J connectivity index is 2.16. The molecule has 0 aromatic carbocycles. The van der Waals surface area contributed by atoms with Gasteiger partial charge in [-0.25, -0.2) is 8.78 Å². The largest absolute Gasteiger partial charge is 0.365 e. The van der Waals surface area contributed by atoms with Crippen molar-refractivity contribution in [3.63, 3.8) is 0 Å². The van der Waals surface area contributed by atoms with Crippen molar-refractivity contribution in [2.24, 2.45) is 0 Å². The number of nitrogens with one attached hydrogen (secondary N) is 1. The van der Waals surface area contributed by atoms with Crippen LogP contribution in [-0.4, -0.2) is 11.0 Å². The number of anilines is 1. The molecular weight excluding hydrogens is 205 g/mol. The first-order chi connectivity index (χ1) is 7.16. The molecule has 0 spiro atoms. The average Bonchev–Trinajstić information content (AvgIpc) is 2.67. The average molecular weight is 216 g/mol. The molecule has 0 amide bonds. The van der Waals surface area contributed by atoms with Gasteiger partial charge in [-0.2, -0.15) is 9.37 Å². The molecule has 0 aliphatic heterocycles. The van der Waals surface area contributed by atoms with Crippen LogP contribution in [0.4, 0.5) is 19.0 Å². The second-order valence-corrected chi connectivity index (χ2v) is 3.72. The molecule has 0 unspecified atom stereocenters. The van der Waals surface area contributed by atoms with Crippen LogP contribution in [0.2, 0.25) is 0 Å². The van der Waals surface area contributed by atoms with Gasteiger partial charge < -0.3 is 5.32 Å². The summed E-state index contributed by atoms with van der Waals surface area (Å²) in [4.78, 5) is 3.21. The van der Waals surface area contributed by atoms with Gasteiger partial charge in [0.25, 0.3) is 5.95 Å². The Kier molecular flexibility index (Phi) is 2.79. The third kappa shape index (κ3) is 2.22. The van der Waals surface area contributed by atoms with E-state index in [0.717, 1.165) is 25.7 Å². The lowest BCUT2D eigenvalue weighted by Gasteiger charge is -2.12. The maximum atomic E-state index is 13.2. The maximum Gasteiger partial charge on any atom is 0.251 e. The molecule has 1 aromatic rings. The number of hydrogen-bond acceptors (Lipinski definition) is 2. The Morgan fingerprint density at radius 1 is 1.13 bits per heavy atom. The molecule has 1 saturated carbocycles. The summed E-state index contributed by atoms with van der Waals surface area (Å²) in [5.74, 6) is -3.57. The van der Waals surface area contributed by atoms with Gasteiger partial charge in [0.1, 0.15) is 0 Å². The quantitative estimate of drug-likeness (QED) is 0.769. The van der Waals surface area contributed by atoms with E-state index in [-0.39, 0.29) is 11.9 Å². The van der Waals surface area contributed by atoms with Gasteiger partial charge in [-0.15, -0.1) is 0 Å². The molecule has 0 bridgehead atoms.